The minimum absolute atomic E-state index is 0.148. The summed E-state index contributed by atoms with van der Waals surface area (Å²) in [4.78, 5) is 15.5. The van der Waals surface area contributed by atoms with Crippen molar-refractivity contribution in [2.24, 2.45) is 16.5 Å². The molecule has 21 heavy (non-hydrogen) atoms. The van der Waals surface area contributed by atoms with E-state index in [2.05, 4.69) is 10.3 Å². The van der Waals surface area contributed by atoms with E-state index in [1.54, 1.807) is 6.92 Å². The molecule has 4 radical (unpaired) electrons. The Hall–Kier alpha value is -0.480. The number of hydrogen-bond acceptors (Lipinski definition) is 4. The number of aliphatic imine (C=N–C) groups is 1. The standard InChI is InChI=1S/C11H19B2IN4O3/c1-3(12)8(20)9-7(17-4(2)19)6(18-11(15)16)5(13)10(14)21-9/h3,5-10,20H,1-2H3,(H,17,19)(H4,15,16,18)/t3-,5?,6?,7?,8-,9?,10?/m1/s1. The third-order valence-electron chi connectivity index (χ3n) is 3.25. The van der Waals surface area contributed by atoms with Crippen molar-refractivity contribution >= 4 is 50.2 Å². The Balaban J connectivity index is 3.15. The van der Waals surface area contributed by atoms with Gasteiger partial charge in [0.2, 0.25) is 5.91 Å². The third kappa shape index (κ3) is 4.75. The van der Waals surface area contributed by atoms with E-state index in [1.165, 1.54) is 6.92 Å². The molecule has 0 aromatic rings. The zero-order valence-corrected chi connectivity index (χ0v) is 14.1. The normalized spacial score (nSPS) is 35.5. The minimum atomic E-state index is -0.997. The van der Waals surface area contributed by atoms with Crippen LogP contribution >= 0.6 is 22.6 Å². The van der Waals surface area contributed by atoms with Crippen LogP contribution in [0.3, 0.4) is 0 Å². The summed E-state index contributed by atoms with van der Waals surface area (Å²) in [6, 6.07) is -1.29. The van der Waals surface area contributed by atoms with Gasteiger partial charge in [0.05, 0.1) is 33.9 Å². The lowest BCUT2D eigenvalue weighted by molar-refractivity contribution is -0.126. The number of nitrogens with one attached hydrogen (secondary N) is 1. The van der Waals surface area contributed by atoms with Crippen molar-refractivity contribution in [2.45, 2.75) is 53.9 Å². The molecule has 0 spiro atoms. The SMILES string of the molecule is [B]C1C(I)OC([C@H](O)[C@H]([B])C)C(NC(C)=O)C1N=C(N)N. The lowest BCUT2D eigenvalue weighted by Gasteiger charge is -2.45. The smallest absolute Gasteiger partial charge is 0.217 e. The molecular formula is C11H19B2IN4O3. The van der Waals surface area contributed by atoms with Crippen molar-refractivity contribution in [3.05, 3.63) is 0 Å². The van der Waals surface area contributed by atoms with Crippen LogP contribution in [0.1, 0.15) is 13.8 Å². The molecule has 10 heteroatoms. The number of alkyl halides is 1. The molecule has 1 aliphatic rings. The fraction of sp³-hybridized carbons (Fsp3) is 0.818. The maximum Gasteiger partial charge on any atom is 0.217 e. The number of ether oxygens (including phenoxy) is 1. The van der Waals surface area contributed by atoms with E-state index < -0.39 is 40.0 Å². The second-order valence-corrected chi connectivity index (χ2v) is 6.38. The van der Waals surface area contributed by atoms with E-state index in [0.717, 1.165) is 0 Å². The summed E-state index contributed by atoms with van der Waals surface area (Å²) >= 11 is 2.00. The second kappa shape index (κ2) is 7.68. The Morgan fingerprint density at radius 1 is 1.52 bits per heavy atom. The van der Waals surface area contributed by atoms with Gasteiger partial charge in [-0.1, -0.05) is 35.3 Å². The van der Waals surface area contributed by atoms with Gasteiger partial charge in [-0.2, -0.15) is 0 Å². The molecule has 0 aliphatic carbocycles. The molecule has 5 unspecified atom stereocenters. The van der Waals surface area contributed by atoms with E-state index >= 15 is 0 Å². The molecular weight excluding hydrogens is 385 g/mol. The third-order valence-corrected chi connectivity index (χ3v) is 4.37. The number of nitrogens with two attached hydrogens (primary N) is 2. The summed E-state index contributed by atoms with van der Waals surface area (Å²) < 4.78 is 5.28. The van der Waals surface area contributed by atoms with Crippen molar-refractivity contribution in [2.75, 3.05) is 0 Å². The molecule has 0 aromatic carbocycles. The van der Waals surface area contributed by atoms with Gasteiger partial charge in [-0.05, 0) is 5.82 Å². The molecule has 0 saturated carbocycles. The number of aliphatic hydroxyl groups is 1. The van der Waals surface area contributed by atoms with Crippen molar-refractivity contribution in [3.63, 3.8) is 0 Å². The predicted octanol–water partition coefficient (Wildman–Crippen LogP) is -1.41. The first-order valence-electron chi connectivity index (χ1n) is 6.49. The van der Waals surface area contributed by atoms with Crippen LogP contribution in [-0.4, -0.2) is 61.1 Å². The van der Waals surface area contributed by atoms with E-state index in [9.17, 15) is 9.90 Å². The van der Waals surface area contributed by atoms with Crippen LogP contribution in [0.15, 0.2) is 4.99 Å². The first-order chi connectivity index (χ1) is 9.65. The van der Waals surface area contributed by atoms with Crippen molar-refractivity contribution in [1.82, 2.24) is 5.32 Å². The highest BCUT2D eigenvalue weighted by Gasteiger charge is 2.46. The summed E-state index contributed by atoms with van der Waals surface area (Å²) in [6.45, 7) is 2.99. The Labute approximate surface area is 140 Å². The molecule has 1 rings (SSSR count). The Bertz CT molecular complexity index is 409. The van der Waals surface area contributed by atoms with Crippen LogP contribution in [0.2, 0.25) is 11.6 Å². The maximum absolute atomic E-state index is 11.4. The van der Waals surface area contributed by atoms with Gasteiger partial charge in [0, 0.05) is 6.92 Å². The summed E-state index contributed by atoms with van der Waals surface area (Å²) in [5.74, 6) is -1.55. The average molecular weight is 404 g/mol. The van der Waals surface area contributed by atoms with Gasteiger partial charge in [-0.3, -0.25) is 4.79 Å². The van der Waals surface area contributed by atoms with Gasteiger partial charge >= 0.3 is 0 Å². The summed E-state index contributed by atoms with van der Waals surface area (Å²) in [7, 11) is 11.8. The van der Waals surface area contributed by atoms with Crippen LogP contribution < -0.4 is 16.8 Å². The monoisotopic (exact) mass is 404 g/mol. The lowest BCUT2D eigenvalue weighted by Crippen LogP contribution is -2.62. The molecule has 1 fully saturated rings. The first kappa shape index (κ1) is 18.6. The van der Waals surface area contributed by atoms with E-state index in [4.69, 9.17) is 31.9 Å². The van der Waals surface area contributed by atoms with Crippen molar-refractivity contribution < 1.29 is 14.6 Å². The highest BCUT2D eigenvalue weighted by Crippen LogP contribution is 2.36. The Kier molecular flexibility index (Phi) is 6.79. The Morgan fingerprint density at radius 2 is 2.10 bits per heavy atom. The quantitative estimate of drug-likeness (QED) is 0.151. The number of carbonyl (C=O) groups is 1. The van der Waals surface area contributed by atoms with Gasteiger partial charge in [-0.15, -0.1) is 0 Å². The molecule has 7 atom stereocenters. The van der Waals surface area contributed by atoms with E-state index in [0.29, 0.717) is 0 Å². The van der Waals surface area contributed by atoms with Gasteiger partial charge < -0.3 is 26.6 Å². The summed E-state index contributed by atoms with van der Waals surface area (Å²) in [6.07, 6.45) is -1.76. The molecule has 7 nitrogen and oxygen atoms in total. The topological polar surface area (TPSA) is 123 Å². The Morgan fingerprint density at radius 3 is 2.52 bits per heavy atom. The highest BCUT2D eigenvalue weighted by atomic mass is 127. The minimum Gasteiger partial charge on any atom is -0.391 e. The molecule has 0 aromatic heterocycles. The summed E-state index contributed by atoms with van der Waals surface area (Å²) in [5, 5.41) is 12.9. The van der Waals surface area contributed by atoms with Crippen LogP contribution in [0.5, 0.6) is 0 Å². The van der Waals surface area contributed by atoms with Crippen molar-refractivity contribution in [3.8, 4) is 0 Å². The highest BCUT2D eigenvalue weighted by molar-refractivity contribution is 14.1. The number of rotatable bonds is 4. The number of aliphatic hydroxyl groups excluding tert-OH is 1. The average Bonchev–Trinajstić information content (AvgIpc) is 2.36. The molecule has 0 bridgehead atoms. The lowest BCUT2D eigenvalue weighted by atomic mass is 9.71. The summed E-state index contributed by atoms with van der Waals surface area (Å²) in [5.41, 5.74) is 10.9. The van der Waals surface area contributed by atoms with Crippen LogP contribution in [-0.2, 0) is 9.53 Å². The van der Waals surface area contributed by atoms with E-state index in [-0.39, 0.29) is 11.9 Å². The fourth-order valence-corrected chi connectivity index (χ4v) is 3.01. The number of hydrogen-bond donors (Lipinski definition) is 4. The van der Waals surface area contributed by atoms with Crippen LogP contribution in [0.4, 0.5) is 0 Å². The molecule has 114 valence electrons. The van der Waals surface area contributed by atoms with Crippen LogP contribution in [0.25, 0.3) is 0 Å². The zero-order valence-electron chi connectivity index (χ0n) is 11.9. The van der Waals surface area contributed by atoms with Gasteiger partial charge in [0.1, 0.15) is 10.2 Å². The number of carbonyl (C=O) groups excluding carboxylic acids is 1. The largest absolute Gasteiger partial charge is 0.391 e. The maximum atomic E-state index is 11.4. The van der Waals surface area contributed by atoms with E-state index in [1.807, 2.05) is 22.6 Å². The molecule has 1 saturated heterocycles. The fourth-order valence-electron chi connectivity index (χ4n) is 2.25. The molecule has 1 aliphatic heterocycles. The zero-order chi connectivity index (χ0) is 16.3. The van der Waals surface area contributed by atoms with Crippen molar-refractivity contribution in [1.29, 1.82) is 0 Å². The number of amides is 1. The van der Waals surface area contributed by atoms with Gasteiger partial charge in [0.15, 0.2) is 5.96 Å². The number of halogens is 1. The number of guanidine groups is 1. The predicted molar refractivity (Wildman–Crippen MR) is 90.6 cm³/mol. The molecule has 1 amide bonds. The second-order valence-electron chi connectivity index (χ2n) is 5.15. The molecule has 6 N–H and O–H groups in total. The van der Waals surface area contributed by atoms with Gasteiger partial charge in [0.25, 0.3) is 0 Å². The van der Waals surface area contributed by atoms with Gasteiger partial charge in [-0.25, -0.2) is 4.99 Å². The van der Waals surface area contributed by atoms with Crippen LogP contribution in [0, 0.1) is 0 Å². The first-order valence-corrected chi connectivity index (χ1v) is 7.74. The number of nitrogens with zero attached hydrogens (tertiary/aromatic N) is 1. The molecule has 1 heterocycles.